The topological polar surface area (TPSA) is 107 Å². The fourth-order valence-electron chi connectivity index (χ4n) is 2.82. The molecule has 1 aromatic carbocycles. The van der Waals surface area contributed by atoms with E-state index >= 15 is 0 Å². The second-order valence-corrected chi connectivity index (χ2v) is 7.33. The summed E-state index contributed by atoms with van der Waals surface area (Å²) in [5.74, 6) is 1.72. The van der Waals surface area contributed by atoms with Crippen LogP contribution in [0.15, 0.2) is 58.0 Å². The van der Waals surface area contributed by atoms with E-state index < -0.39 is 0 Å². The van der Waals surface area contributed by atoms with Gasteiger partial charge in [-0.25, -0.2) is 9.48 Å². The molecule has 0 bridgehead atoms. The lowest BCUT2D eigenvalue weighted by atomic mass is 10.2. The van der Waals surface area contributed by atoms with E-state index in [0.717, 1.165) is 5.56 Å². The van der Waals surface area contributed by atoms with Crippen LogP contribution in [0.3, 0.4) is 0 Å². The first-order valence-corrected chi connectivity index (χ1v) is 10.0. The number of aryl methyl sites for hydroxylation is 1. The number of hydrogen-bond donors (Lipinski definition) is 1. The number of thioether (sulfide) groups is 1. The summed E-state index contributed by atoms with van der Waals surface area (Å²) in [6, 6.07) is 12.8. The summed E-state index contributed by atoms with van der Waals surface area (Å²) in [5, 5.41) is 11.0. The van der Waals surface area contributed by atoms with Gasteiger partial charge in [0.05, 0.1) is 18.1 Å². The lowest BCUT2D eigenvalue weighted by molar-refractivity contribution is -0.113. The smallest absolute Gasteiger partial charge is 0.340 e. The largest absolute Gasteiger partial charge is 0.350 e. The van der Waals surface area contributed by atoms with Crippen molar-refractivity contribution in [3.05, 3.63) is 76.4 Å². The Bertz CT molecular complexity index is 1210. The van der Waals surface area contributed by atoms with Gasteiger partial charge < -0.3 is 9.84 Å². The van der Waals surface area contributed by atoms with Gasteiger partial charge in [-0.1, -0.05) is 23.4 Å². The van der Waals surface area contributed by atoms with Crippen LogP contribution >= 0.6 is 11.8 Å². The molecule has 148 valence electrons. The Balaban J connectivity index is 1.37. The number of anilines is 1. The molecule has 3 heterocycles. The molecule has 3 aromatic heterocycles. The van der Waals surface area contributed by atoms with Crippen LogP contribution in [0.1, 0.15) is 17.3 Å². The van der Waals surface area contributed by atoms with Gasteiger partial charge in [-0.2, -0.15) is 4.98 Å². The van der Waals surface area contributed by atoms with Crippen molar-refractivity contribution in [3.8, 4) is 0 Å². The number of amides is 1. The Hall–Kier alpha value is -3.40. The van der Waals surface area contributed by atoms with Gasteiger partial charge in [-0.05, 0) is 29.8 Å². The van der Waals surface area contributed by atoms with E-state index in [9.17, 15) is 9.59 Å². The fraction of sp³-hybridized carbons (Fsp3) is 0.211. The number of carbonyl (C=O) groups excluding carboxylic acids is 1. The molecule has 0 atom stereocenters. The van der Waals surface area contributed by atoms with Crippen molar-refractivity contribution in [2.75, 3.05) is 11.1 Å². The third-order valence-electron chi connectivity index (χ3n) is 4.07. The van der Waals surface area contributed by atoms with Crippen molar-refractivity contribution < 1.29 is 9.32 Å². The van der Waals surface area contributed by atoms with Crippen LogP contribution < -0.4 is 11.0 Å². The normalized spacial score (nSPS) is 11.1. The first kappa shape index (κ1) is 18.9. The van der Waals surface area contributed by atoms with Gasteiger partial charge in [0.2, 0.25) is 11.8 Å². The summed E-state index contributed by atoms with van der Waals surface area (Å²) in [4.78, 5) is 28.7. The van der Waals surface area contributed by atoms with E-state index in [-0.39, 0.29) is 17.3 Å². The van der Waals surface area contributed by atoms with Gasteiger partial charge in [-0.3, -0.25) is 9.20 Å². The minimum Gasteiger partial charge on any atom is -0.340 e. The second-order valence-electron chi connectivity index (χ2n) is 6.34. The predicted octanol–water partition coefficient (Wildman–Crippen LogP) is 2.11. The van der Waals surface area contributed by atoms with Gasteiger partial charge >= 0.3 is 5.69 Å². The second kappa shape index (κ2) is 8.31. The van der Waals surface area contributed by atoms with Crippen LogP contribution in [0.5, 0.6) is 0 Å². The van der Waals surface area contributed by atoms with E-state index in [1.165, 1.54) is 20.8 Å². The highest BCUT2D eigenvalue weighted by Gasteiger charge is 2.09. The maximum Gasteiger partial charge on any atom is 0.350 e. The summed E-state index contributed by atoms with van der Waals surface area (Å²) < 4.78 is 7.80. The molecular formula is C19H18N6O3S. The Morgan fingerprint density at radius 2 is 2.14 bits per heavy atom. The van der Waals surface area contributed by atoms with Gasteiger partial charge in [0.25, 0.3) is 0 Å². The first-order valence-electron chi connectivity index (χ1n) is 8.88. The Morgan fingerprint density at radius 3 is 2.93 bits per heavy atom. The molecule has 0 aliphatic heterocycles. The minimum absolute atomic E-state index is 0.128. The third kappa shape index (κ3) is 4.54. The average molecular weight is 410 g/mol. The van der Waals surface area contributed by atoms with Gasteiger partial charge in [-0.15, -0.1) is 16.9 Å². The molecule has 0 aliphatic carbocycles. The molecular weight excluding hydrogens is 392 g/mol. The van der Waals surface area contributed by atoms with Crippen molar-refractivity contribution in [1.82, 2.24) is 24.3 Å². The van der Waals surface area contributed by atoms with Crippen LogP contribution in [0, 0.1) is 6.92 Å². The van der Waals surface area contributed by atoms with Crippen LogP contribution in [0.25, 0.3) is 5.65 Å². The summed E-state index contributed by atoms with van der Waals surface area (Å²) in [5.41, 5.74) is 1.92. The number of nitrogens with zero attached hydrogens (tertiary/aromatic N) is 5. The van der Waals surface area contributed by atoms with Gasteiger partial charge in [0.1, 0.15) is 0 Å². The van der Waals surface area contributed by atoms with Crippen molar-refractivity contribution >= 4 is 29.0 Å². The van der Waals surface area contributed by atoms with E-state index in [1.54, 1.807) is 31.3 Å². The molecule has 0 spiro atoms. The zero-order valence-corrected chi connectivity index (χ0v) is 16.4. The number of hydrogen-bond acceptors (Lipinski definition) is 7. The SMILES string of the molecule is Cc1nc(CSCC(=O)Nc2cccc(Cn3nc4ccccn4c3=O)c2)no1. The van der Waals surface area contributed by atoms with Gasteiger partial charge in [0.15, 0.2) is 11.5 Å². The van der Waals surface area contributed by atoms with Crippen LogP contribution in [0.4, 0.5) is 5.69 Å². The summed E-state index contributed by atoms with van der Waals surface area (Å²) in [7, 11) is 0. The molecule has 0 radical (unpaired) electrons. The molecule has 0 saturated carbocycles. The summed E-state index contributed by atoms with van der Waals surface area (Å²) in [6.45, 7) is 2.04. The standard InChI is InChI=1S/C19H18N6O3S/c1-13-20-16(23-28-13)11-29-12-18(26)21-15-6-4-5-14(9-15)10-25-19(27)24-8-3-2-7-17(24)22-25/h2-9H,10-12H2,1H3,(H,21,26). The molecule has 10 heteroatoms. The van der Waals surface area contributed by atoms with E-state index in [2.05, 4.69) is 20.6 Å². The number of benzene rings is 1. The predicted molar refractivity (Wildman–Crippen MR) is 109 cm³/mol. The monoisotopic (exact) mass is 410 g/mol. The molecule has 4 rings (SSSR count). The number of fused-ring (bicyclic) bond motifs is 1. The number of pyridine rings is 1. The van der Waals surface area contributed by atoms with Crippen LogP contribution in [-0.4, -0.2) is 36.0 Å². The van der Waals surface area contributed by atoms with Crippen molar-refractivity contribution in [2.45, 2.75) is 19.2 Å². The molecule has 1 amide bonds. The minimum atomic E-state index is -0.205. The molecule has 9 nitrogen and oxygen atoms in total. The quantitative estimate of drug-likeness (QED) is 0.497. The summed E-state index contributed by atoms with van der Waals surface area (Å²) >= 11 is 1.40. The molecule has 29 heavy (non-hydrogen) atoms. The molecule has 0 aliphatic rings. The van der Waals surface area contributed by atoms with E-state index in [4.69, 9.17) is 4.52 Å². The van der Waals surface area contributed by atoms with E-state index in [1.807, 2.05) is 24.3 Å². The Kier molecular flexibility index (Phi) is 5.43. The zero-order valence-electron chi connectivity index (χ0n) is 15.6. The molecule has 1 N–H and O–H groups in total. The molecule has 4 aromatic rings. The first-order chi connectivity index (χ1) is 14.1. The lowest BCUT2D eigenvalue weighted by Crippen LogP contribution is -2.21. The number of aromatic nitrogens is 5. The van der Waals surface area contributed by atoms with Crippen molar-refractivity contribution in [3.63, 3.8) is 0 Å². The van der Waals surface area contributed by atoms with Crippen molar-refractivity contribution in [2.24, 2.45) is 0 Å². The number of carbonyl (C=O) groups is 1. The maximum atomic E-state index is 12.4. The van der Waals surface area contributed by atoms with Crippen LogP contribution in [0.2, 0.25) is 0 Å². The van der Waals surface area contributed by atoms with Gasteiger partial charge in [0, 0.05) is 18.8 Å². The highest BCUT2D eigenvalue weighted by Crippen LogP contribution is 2.14. The molecule has 0 fully saturated rings. The highest BCUT2D eigenvalue weighted by atomic mass is 32.2. The molecule has 0 unspecified atom stereocenters. The van der Waals surface area contributed by atoms with E-state index in [0.29, 0.717) is 35.3 Å². The van der Waals surface area contributed by atoms with Crippen molar-refractivity contribution in [1.29, 1.82) is 0 Å². The zero-order chi connectivity index (χ0) is 20.2. The van der Waals surface area contributed by atoms with Crippen LogP contribution in [-0.2, 0) is 17.1 Å². The summed E-state index contributed by atoms with van der Waals surface area (Å²) in [6.07, 6.45) is 1.69. The lowest BCUT2D eigenvalue weighted by Gasteiger charge is -2.07. The average Bonchev–Trinajstić information content (AvgIpc) is 3.26. The third-order valence-corrected chi connectivity index (χ3v) is 4.99. The number of rotatable bonds is 7. The maximum absolute atomic E-state index is 12.4. The molecule has 0 saturated heterocycles. The Morgan fingerprint density at radius 1 is 1.24 bits per heavy atom. The Labute approximate surface area is 169 Å². The highest BCUT2D eigenvalue weighted by molar-refractivity contribution is 7.99. The fourth-order valence-corrected chi connectivity index (χ4v) is 3.48. The number of nitrogens with one attached hydrogen (secondary N) is 1.